The Hall–Kier alpha value is -1.79. The topological polar surface area (TPSA) is 104 Å². The maximum Gasteiger partial charge on any atom is 0.262 e. The van der Waals surface area contributed by atoms with Crippen molar-refractivity contribution in [3.05, 3.63) is 23.3 Å². The van der Waals surface area contributed by atoms with Gasteiger partial charge in [-0.15, -0.1) is 12.4 Å². The molecule has 0 radical (unpaired) electrons. The number of aryl methyl sites for hydroxylation is 1. The number of carbonyl (C=O) groups is 1. The predicted octanol–water partition coefficient (Wildman–Crippen LogP) is 0.994. The van der Waals surface area contributed by atoms with Crippen LogP contribution in [-0.4, -0.2) is 24.2 Å². The summed E-state index contributed by atoms with van der Waals surface area (Å²) in [5, 5.41) is 4.28. The summed E-state index contributed by atoms with van der Waals surface area (Å²) >= 11 is 0. The van der Waals surface area contributed by atoms with Gasteiger partial charge in [0.25, 0.3) is 5.88 Å². The molecule has 0 aliphatic carbocycles. The van der Waals surface area contributed by atoms with Crippen LogP contribution in [0.1, 0.15) is 15.9 Å². The summed E-state index contributed by atoms with van der Waals surface area (Å²) in [4.78, 5) is 11.3. The van der Waals surface area contributed by atoms with Gasteiger partial charge in [0.1, 0.15) is 6.61 Å². The fourth-order valence-electron chi connectivity index (χ4n) is 1.61. The lowest BCUT2D eigenvalue weighted by atomic mass is 10.1. The molecule has 0 saturated carbocycles. The highest BCUT2D eigenvalue weighted by Crippen LogP contribution is 2.30. The lowest BCUT2D eigenvalue weighted by molar-refractivity contribution is 0.100. The molecule has 0 aliphatic rings. The van der Waals surface area contributed by atoms with Crippen molar-refractivity contribution in [3.63, 3.8) is 0 Å². The number of aromatic nitrogens is 1. The third-order valence-corrected chi connectivity index (χ3v) is 2.41. The van der Waals surface area contributed by atoms with Crippen molar-refractivity contribution in [3.8, 4) is 5.88 Å². The molecule has 18 heavy (non-hydrogen) atoms. The molecule has 0 atom stereocenters. The summed E-state index contributed by atoms with van der Waals surface area (Å²) in [6.07, 6.45) is 0. The molecule has 2 aromatic rings. The molecule has 6 nitrogen and oxygen atoms in total. The van der Waals surface area contributed by atoms with E-state index in [9.17, 15) is 4.79 Å². The predicted molar refractivity (Wildman–Crippen MR) is 69.1 cm³/mol. The van der Waals surface area contributed by atoms with Gasteiger partial charge in [0.2, 0.25) is 5.91 Å². The molecule has 4 N–H and O–H groups in total. The number of carbonyl (C=O) groups excluding carboxylic acids is 1. The second kappa shape index (κ2) is 5.70. The Labute approximate surface area is 110 Å². The summed E-state index contributed by atoms with van der Waals surface area (Å²) in [6, 6.07) is 3.38. The van der Waals surface area contributed by atoms with Gasteiger partial charge in [-0.1, -0.05) is 6.07 Å². The number of amides is 1. The van der Waals surface area contributed by atoms with Gasteiger partial charge in [0.15, 0.2) is 5.58 Å². The minimum atomic E-state index is -0.546. The van der Waals surface area contributed by atoms with E-state index in [2.05, 4.69) is 5.16 Å². The highest BCUT2D eigenvalue weighted by molar-refractivity contribution is 6.07. The number of halogens is 1. The minimum absolute atomic E-state index is 0. The quantitative estimate of drug-likeness (QED) is 0.863. The number of hydrogen-bond acceptors (Lipinski definition) is 5. The van der Waals surface area contributed by atoms with E-state index in [4.69, 9.17) is 20.7 Å². The molecule has 1 aromatic heterocycles. The van der Waals surface area contributed by atoms with Crippen molar-refractivity contribution in [2.75, 3.05) is 13.2 Å². The van der Waals surface area contributed by atoms with Crippen LogP contribution in [0.5, 0.6) is 5.88 Å². The molecule has 0 aliphatic heterocycles. The summed E-state index contributed by atoms with van der Waals surface area (Å²) in [7, 11) is 0. The first-order valence-electron chi connectivity index (χ1n) is 5.16. The van der Waals surface area contributed by atoms with Crippen LogP contribution in [-0.2, 0) is 0 Å². The van der Waals surface area contributed by atoms with Crippen molar-refractivity contribution in [1.82, 2.24) is 5.16 Å². The summed E-state index contributed by atoms with van der Waals surface area (Å²) < 4.78 is 10.5. The van der Waals surface area contributed by atoms with Gasteiger partial charge in [0.05, 0.1) is 10.9 Å². The molecule has 0 saturated heterocycles. The van der Waals surface area contributed by atoms with Gasteiger partial charge in [-0.2, -0.15) is 0 Å². The van der Waals surface area contributed by atoms with Gasteiger partial charge in [-0.25, -0.2) is 0 Å². The van der Waals surface area contributed by atoms with E-state index in [-0.39, 0.29) is 18.3 Å². The van der Waals surface area contributed by atoms with Crippen LogP contribution in [0.25, 0.3) is 11.0 Å². The Balaban J connectivity index is 0.00000162. The van der Waals surface area contributed by atoms with Crippen LogP contribution >= 0.6 is 12.4 Å². The number of rotatable bonds is 4. The molecular weight excluding hydrogens is 258 g/mol. The first kappa shape index (κ1) is 14.3. The second-order valence-corrected chi connectivity index (χ2v) is 3.62. The van der Waals surface area contributed by atoms with E-state index >= 15 is 0 Å². The Morgan fingerprint density at radius 2 is 2.22 bits per heavy atom. The number of benzene rings is 1. The molecule has 2 rings (SSSR count). The highest BCUT2D eigenvalue weighted by atomic mass is 35.5. The molecule has 1 heterocycles. The van der Waals surface area contributed by atoms with E-state index < -0.39 is 5.91 Å². The maximum atomic E-state index is 11.3. The summed E-state index contributed by atoms with van der Waals surface area (Å²) in [6.45, 7) is 2.50. The molecule has 0 bridgehead atoms. The van der Waals surface area contributed by atoms with Crippen LogP contribution in [0.2, 0.25) is 0 Å². The number of fused-ring (bicyclic) bond motifs is 1. The molecule has 1 amide bonds. The zero-order valence-electron chi connectivity index (χ0n) is 9.80. The molecule has 1 aromatic carbocycles. The van der Waals surface area contributed by atoms with Crippen molar-refractivity contribution in [1.29, 1.82) is 0 Å². The molecule has 0 unspecified atom stereocenters. The van der Waals surface area contributed by atoms with Gasteiger partial charge in [-0.05, 0) is 23.7 Å². The molecular formula is C11H14ClN3O3. The van der Waals surface area contributed by atoms with Crippen LogP contribution < -0.4 is 16.2 Å². The first-order chi connectivity index (χ1) is 8.15. The van der Waals surface area contributed by atoms with Gasteiger partial charge in [0, 0.05) is 6.54 Å². The third kappa shape index (κ3) is 2.39. The van der Waals surface area contributed by atoms with E-state index in [1.165, 1.54) is 0 Å². The van der Waals surface area contributed by atoms with Crippen LogP contribution in [0.4, 0.5) is 0 Å². The van der Waals surface area contributed by atoms with Crippen molar-refractivity contribution < 1.29 is 14.1 Å². The van der Waals surface area contributed by atoms with E-state index in [0.29, 0.717) is 29.7 Å². The van der Waals surface area contributed by atoms with Crippen molar-refractivity contribution in [2.24, 2.45) is 11.5 Å². The number of hydrogen-bond donors (Lipinski definition) is 2. The average molecular weight is 272 g/mol. The van der Waals surface area contributed by atoms with Crippen molar-refractivity contribution >= 4 is 29.3 Å². The Morgan fingerprint density at radius 1 is 1.50 bits per heavy atom. The molecule has 0 fully saturated rings. The Morgan fingerprint density at radius 3 is 2.83 bits per heavy atom. The minimum Gasteiger partial charge on any atom is -0.474 e. The number of nitrogens with two attached hydrogens (primary N) is 2. The monoisotopic (exact) mass is 271 g/mol. The summed E-state index contributed by atoms with van der Waals surface area (Å²) in [5.74, 6) is -0.293. The van der Waals surface area contributed by atoms with Crippen LogP contribution in [0.15, 0.2) is 16.7 Å². The van der Waals surface area contributed by atoms with Gasteiger partial charge in [-0.3, -0.25) is 4.79 Å². The normalized spacial score (nSPS) is 10.1. The number of nitrogens with zero attached hydrogens (tertiary/aromatic N) is 1. The first-order valence-corrected chi connectivity index (χ1v) is 5.16. The maximum absolute atomic E-state index is 11.3. The largest absolute Gasteiger partial charge is 0.474 e. The molecule has 98 valence electrons. The fraction of sp³-hybridized carbons (Fsp3) is 0.273. The van der Waals surface area contributed by atoms with E-state index in [1.54, 1.807) is 12.1 Å². The standard InChI is InChI=1S/C11H13N3O3.ClH/c1-6-2-3-7(10(13)15)8-9(6)17-14-11(8)16-5-4-12;/h2-3H,4-5,12H2,1H3,(H2,13,15);1H. The van der Waals surface area contributed by atoms with Crippen LogP contribution in [0.3, 0.4) is 0 Å². The lowest BCUT2D eigenvalue weighted by Gasteiger charge is -2.02. The summed E-state index contributed by atoms with van der Waals surface area (Å²) in [5.41, 5.74) is 12.3. The zero-order chi connectivity index (χ0) is 12.4. The van der Waals surface area contributed by atoms with E-state index in [1.807, 2.05) is 6.92 Å². The number of ether oxygens (including phenoxy) is 1. The Bertz CT molecular complexity index is 568. The van der Waals surface area contributed by atoms with Crippen LogP contribution in [0, 0.1) is 6.92 Å². The lowest BCUT2D eigenvalue weighted by Crippen LogP contribution is -2.13. The molecule has 7 heteroatoms. The fourth-order valence-corrected chi connectivity index (χ4v) is 1.61. The number of primary amides is 1. The highest BCUT2D eigenvalue weighted by Gasteiger charge is 2.18. The smallest absolute Gasteiger partial charge is 0.262 e. The average Bonchev–Trinajstić information content (AvgIpc) is 2.71. The Kier molecular flexibility index (Phi) is 4.52. The SMILES string of the molecule is Cc1ccc(C(N)=O)c2c(OCCN)noc12.Cl. The van der Waals surface area contributed by atoms with Gasteiger partial charge >= 0.3 is 0 Å². The molecule has 0 spiro atoms. The third-order valence-electron chi connectivity index (χ3n) is 2.41. The van der Waals surface area contributed by atoms with Crippen molar-refractivity contribution in [2.45, 2.75) is 6.92 Å². The van der Waals surface area contributed by atoms with Gasteiger partial charge < -0.3 is 20.7 Å². The van der Waals surface area contributed by atoms with E-state index in [0.717, 1.165) is 5.56 Å². The second-order valence-electron chi connectivity index (χ2n) is 3.62. The zero-order valence-corrected chi connectivity index (χ0v) is 10.6.